The third-order valence-corrected chi connectivity index (χ3v) is 3.18. The molecule has 6 heteroatoms. The van der Waals surface area contributed by atoms with Gasteiger partial charge in [0.25, 0.3) is 0 Å². The maximum atomic E-state index is 10.8. The number of aliphatic hydroxyl groups is 2. The standard InChI is InChI=1S/C10H11BrO4S/c11-7-2-1-5(3-6(7)10(14)15)9(13)8(12)4-16/h1-3,8-9,12-13,16H,4H2,(H,14,15). The molecular weight excluding hydrogens is 296 g/mol. The Balaban J connectivity index is 3.07. The van der Waals surface area contributed by atoms with Gasteiger partial charge in [-0.2, -0.15) is 12.6 Å². The quantitative estimate of drug-likeness (QED) is 0.635. The summed E-state index contributed by atoms with van der Waals surface area (Å²) in [5, 5.41) is 28.0. The molecule has 0 aliphatic heterocycles. The maximum Gasteiger partial charge on any atom is 0.336 e. The van der Waals surface area contributed by atoms with Crippen molar-refractivity contribution in [3.05, 3.63) is 33.8 Å². The fraction of sp³-hybridized carbons (Fsp3) is 0.300. The second-order valence-corrected chi connectivity index (χ2v) is 4.46. The van der Waals surface area contributed by atoms with Crippen LogP contribution in [0, 0.1) is 0 Å². The van der Waals surface area contributed by atoms with E-state index in [9.17, 15) is 15.0 Å². The summed E-state index contributed by atoms with van der Waals surface area (Å²) in [4.78, 5) is 10.8. The second kappa shape index (κ2) is 5.67. The minimum atomic E-state index is -1.14. The van der Waals surface area contributed by atoms with Crippen LogP contribution in [0.5, 0.6) is 0 Å². The van der Waals surface area contributed by atoms with Crippen molar-refractivity contribution in [1.82, 2.24) is 0 Å². The first-order chi connectivity index (χ1) is 7.47. The van der Waals surface area contributed by atoms with Crippen molar-refractivity contribution >= 4 is 34.5 Å². The van der Waals surface area contributed by atoms with Crippen molar-refractivity contribution in [3.63, 3.8) is 0 Å². The molecule has 1 aromatic rings. The van der Waals surface area contributed by atoms with Crippen molar-refractivity contribution in [2.45, 2.75) is 12.2 Å². The number of aromatic carboxylic acids is 1. The first-order valence-corrected chi connectivity index (χ1v) is 5.89. The number of aliphatic hydroxyl groups excluding tert-OH is 2. The average molecular weight is 307 g/mol. The Morgan fingerprint density at radius 1 is 1.44 bits per heavy atom. The number of hydrogen-bond donors (Lipinski definition) is 4. The number of carboxylic acid groups (broad SMARTS) is 1. The molecule has 0 heterocycles. The highest BCUT2D eigenvalue weighted by Crippen LogP contribution is 2.24. The molecule has 88 valence electrons. The number of thiol groups is 1. The summed E-state index contributed by atoms with van der Waals surface area (Å²) in [7, 11) is 0. The Morgan fingerprint density at radius 3 is 2.56 bits per heavy atom. The Kier molecular flexibility index (Phi) is 4.79. The third kappa shape index (κ3) is 2.98. The molecule has 2 unspecified atom stereocenters. The van der Waals surface area contributed by atoms with Gasteiger partial charge in [0.1, 0.15) is 6.10 Å². The highest BCUT2D eigenvalue weighted by atomic mass is 79.9. The van der Waals surface area contributed by atoms with Crippen LogP contribution in [0.2, 0.25) is 0 Å². The van der Waals surface area contributed by atoms with E-state index < -0.39 is 18.2 Å². The molecule has 3 N–H and O–H groups in total. The van der Waals surface area contributed by atoms with Gasteiger partial charge in [-0.1, -0.05) is 6.07 Å². The number of rotatable bonds is 4. The molecule has 0 saturated heterocycles. The van der Waals surface area contributed by atoms with Gasteiger partial charge in [-0.05, 0) is 33.6 Å². The van der Waals surface area contributed by atoms with E-state index in [0.29, 0.717) is 10.0 Å². The lowest BCUT2D eigenvalue weighted by atomic mass is 10.0. The van der Waals surface area contributed by atoms with E-state index in [-0.39, 0.29) is 11.3 Å². The zero-order chi connectivity index (χ0) is 12.3. The van der Waals surface area contributed by atoms with Gasteiger partial charge in [0, 0.05) is 10.2 Å². The van der Waals surface area contributed by atoms with E-state index in [1.165, 1.54) is 12.1 Å². The smallest absolute Gasteiger partial charge is 0.336 e. The van der Waals surface area contributed by atoms with Gasteiger partial charge < -0.3 is 15.3 Å². The van der Waals surface area contributed by atoms with E-state index in [4.69, 9.17) is 5.11 Å². The molecular formula is C10H11BrO4S. The van der Waals surface area contributed by atoms with Crippen molar-refractivity contribution in [2.75, 3.05) is 5.75 Å². The zero-order valence-electron chi connectivity index (χ0n) is 8.17. The summed E-state index contributed by atoms with van der Waals surface area (Å²) in [5.41, 5.74) is 0.394. The van der Waals surface area contributed by atoms with Crippen LogP contribution in [0.15, 0.2) is 22.7 Å². The average Bonchev–Trinajstić information content (AvgIpc) is 2.27. The van der Waals surface area contributed by atoms with Gasteiger partial charge in [-0.15, -0.1) is 0 Å². The summed E-state index contributed by atoms with van der Waals surface area (Å²) in [5.74, 6) is -0.999. The normalized spacial score (nSPS) is 14.5. The Morgan fingerprint density at radius 2 is 2.06 bits per heavy atom. The zero-order valence-corrected chi connectivity index (χ0v) is 10.6. The van der Waals surface area contributed by atoms with Gasteiger partial charge in [-0.25, -0.2) is 4.79 Å². The Bertz CT molecular complexity index is 396. The monoisotopic (exact) mass is 306 g/mol. The Labute approximate surface area is 106 Å². The first kappa shape index (κ1) is 13.5. The molecule has 2 atom stereocenters. The molecule has 0 bridgehead atoms. The number of halogens is 1. The third-order valence-electron chi connectivity index (χ3n) is 2.11. The number of carbonyl (C=O) groups is 1. The predicted molar refractivity (Wildman–Crippen MR) is 65.9 cm³/mol. The Hall–Kier alpha value is -0.560. The fourth-order valence-electron chi connectivity index (χ4n) is 1.21. The summed E-state index contributed by atoms with van der Waals surface area (Å²) in [6.07, 6.45) is -2.16. The number of carboxylic acids is 1. The van der Waals surface area contributed by atoms with Gasteiger partial charge in [0.15, 0.2) is 0 Å². The molecule has 0 radical (unpaired) electrons. The summed E-state index contributed by atoms with van der Waals surface area (Å²) >= 11 is 6.95. The van der Waals surface area contributed by atoms with Crippen LogP contribution >= 0.6 is 28.6 Å². The first-order valence-electron chi connectivity index (χ1n) is 4.47. The van der Waals surface area contributed by atoms with E-state index in [1.807, 2.05) is 0 Å². The van der Waals surface area contributed by atoms with Crippen molar-refractivity contribution in [2.24, 2.45) is 0 Å². The van der Waals surface area contributed by atoms with Crippen LogP contribution in [-0.2, 0) is 0 Å². The molecule has 0 aliphatic rings. The molecule has 16 heavy (non-hydrogen) atoms. The molecule has 0 saturated carbocycles. The van der Waals surface area contributed by atoms with Gasteiger partial charge in [0.05, 0.1) is 11.7 Å². The number of benzene rings is 1. The lowest BCUT2D eigenvalue weighted by Gasteiger charge is -2.16. The van der Waals surface area contributed by atoms with E-state index in [2.05, 4.69) is 28.6 Å². The lowest BCUT2D eigenvalue weighted by molar-refractivity contribution is 0.0336. The van der Waals surface area contributed by atoms with E-state index in [1.54, 1.807) is 6.07 Å². The lowest BCUT2D eigenvalue weighted by Crippen LogP contribution is -2.20. The SMILES string of the molecule is O=C(O)c1cc(C(O)C(O)CS)ccc1Br. The van der Waals surface area contributed by atoms with E-state index >= 15 is 0 Å². The highest BCUT2D eigenvalue weighted by molar-refractivity contribution is 9.10. The highest BCUT2D eigenvalue weighted by Gasteiger charge is 2.19. The van der Waals surface area contributed by atoms with Crippen molar-refractivity contribution in [3.8, 4) is 0 Å². The maximum absolute atomic E-state index is 10.8. The van der Waals surface area contributed by atoms with Crippen LogP contribution in [0.25, 0.3) is 0 Å². The minimum absolute atomic E-state index is 0.0444. The van der Waals surface area contributed by atoms with Crippen LogP contribution in [-0.4, -0.2) is 33.1 Å². The molecule has 4 nitrogen and oxygen atoms in total. The van der Waals surface area contributed by atoms with Crippen molar-refractivity contribution < 1.29 is 20.1 Å². The number of hydrogen-bond acceptors (Lipinski definition) is 4. The summed E-state index contributed by atoms with van der Waals surface area (Å²) in [6.45, 7) is 0. The molecule has 0 spiro atoms. The minimum Gasteiger partial charge on any atom is -0.478 e. The predicted octanol–water partition coefficient (Wildman–Crippen LogP) is 1.47. The van der Waals surface area contributed by atoms with Crippen LogP contribution < -0.4 is 0 Å². The topological polar surface area (TPSA) is 77.8 Å². The molecule has 0 aliphatic carbocycles. The largest absolute Gasteiger partial charge is 0.478 e. The summed E-state index contributed by atoms with van der Waals surface area (Å²) in [6, 6.07) is 4.39. The van der Waals surface area contributed by atoms with Gasteiger partial charge >= 0.3 is 5.97 Å². The van der Waals surface area contributed by atoms with Gasteiger partial charge in [0.2, 0.25) is 0 Å². The molecule has 1 aromatic carbocycles. The molecule has 1 rings (SSSR count). The van der Waals surface area contributed by atoms with Crippen LogP contribution in [0.3, 0.4) is 0 Å². The van der Waals surface area contributed by atoms with E-state index in [0.717, 1.165) is 0 Å². The summed E-state index contributed by atoms with van der Waals surface area (Å²) < 4.78 is 0.427. The van der Waals surface area contributed by atoms with Crippen LogP contribution in [0.1, 0.15) is 22.0 Å². The van der Waals surface area contributed by atoms with Gasteiger partial charge in [-0.3, -0.25) is 0 Å². The molecule has 0 amide bonds. The molecule has 0 fully saturated rings. The molecule has 0 aromatic heterocycles. The second-order valence-electron chi connectivity index (χ2n) is 3.24. The van der Waals surface area contributed by atoms with Crippen molar-refractivity contribution in [1.29, 1.82) is 0 Å². The fourth-order valence-corrected chi connectivity index (χ4v) is 1.83. The van der Waals surface area contributed by atoms with Crippen LogP contribution in [0.4, 0.5) is 0 Å².